The van der Waals surface area contributed by atoms with E-state index < -0.39 is 17.6 Å². The number of nitrogens with zero attached hydrogens (tertiary/aromatic N) is 1. The molecule has 1 aromatic heterocycles. The van der Waals surface area contributed by atoms with Gasteiger partial charge in [-0.1, -0.05) is 48.5 Å². The fourth-order valence-electron chi connectivity index (χ4n) is 3.87. The SMILES string of the molecule is CC(C)(C)NC(=O)OCC(C(=O)Nc1ccc2cnccc2c1)c1ccc(OCC(=O)c2ccccc2)cc1. The zero-order chi connectivity index (χ0) is 27.8. The van der Waals surface area contributed by atoms with E-state index in [4.69, 9.17) is 9.47 Å². The van der Waals surface area contributed by atoms with Crippen molar-refractivity contribution in [3.05, 3.63) is 102 Å². The topological polar surface area (TPSA) is 107 Å². The summed E-state index contributed by atoms with van der Waals surface area (Å²) in [6, 6.07) is 23.1. The standard InChI is InChI=1S/C31H31N3O5/c1-31(2,3)34-30(37)39-19-27(29(36)33-25-12-9-24-18-32-16-15-23(24)17-25)21-10-13-26(14-11-21)38-20-28(35)22-7-5-4-6-8-22/h4-18,27H,19-20H2,1-3H3,(H,33,36)(H,34,37). The van der Waals surface area contributed by atoms with E-state index in [1.54, 1.807) is 67.0 Å². The molecule has 4 aromatic rings. The number of benzene rings is 3. The number of carbonyl (C=O) groups excluding carboxylic acids is 3. The van der Waals surface area contributed by atoms with Gasteiger partial charge in [0.2, 0.25) is 5.91 Å². The smallest absolute Gasteiger partial charge is 0.407 e. The van der Waals surface area contributed by atoms with Gasteiger partial charge in [0.15, 0.2) is 12.4 Å². The summed E-state index contributed by atoms with van der Waals surface area (Å²) in [5.41, 5.74) is 1.33. The van der Waals surface area contributed by atoms with Crippen LogP contribution in [0.3, 0.4) is 0 Å². The molecule has 8 heteroatoms. The van der Waals surface area contributed by atoms with Gasteiger partial charge in [0.1, 0.15) is 12.4 Å². The Bertz CT molecular complexity index is 1450. The number of anilines is 1. The Kier molecular flexibility index (Phi) is 8.56. The molecular formula is C31H31N3O5. The highest BCUT2D eigenvalue weighted by molar-refractivity contribution is 5.98. The third kappa shape index (κ3) is 7.88. The summed E-state index contributed by atoms with van der Waals surface area (Å²) in [4.78, 5) is 42.2. The van der Waals surface area contributed by atoms with Crippen molar-refractivity contribution < 1.29 is 23.9 Å². The van der Waals surface area contributed by atoms with Crippen molar-refractivity contribution in [2.45, 2.75) is 32.2 Å². The van der Waals surface area contributed by atoms with Gasteiger partial charge in [-0.15, -0.1) is 0 Å². The van der Waals surface area contributed by atoms with Crippen LogP contribution in [0.2, 0.25) is 0 Å². The molecule has 1 atom stereocenters. The first kappa shape index (κ1) is 27.3. The van der Waals surface area contributed by atoms with Crippen LogP contribution in [-0.4, -0.2) is 41.5 Å². The second-order valence-electron chi connectivity index (χ2n) is 10.1. The van der Waals surface area contributed by atoms with E-state index in [2.05, 4.69) is 15.6 Å². The molecule has 1 unspecified atom stereocenters. The van der Waals surface area contributed by atoms with Gasteiger partial charge in [-0.05, 0) is 62.1 Å². The van der Waals surface area contributed by atoms with Gasteiger partial charge in [0.05, 0.1) is 5.92 Å². The molecule has 0 aliphatic carbocycles. The quantitative estimate of drug-likeness (QED) is 0.270. The number of Topliss-reactive ketones (excluding diaryl/α,β-unsaturated/α-hetero) is 1. The summed E-state index contributed by atoms with van der Waals surface area (Å²) in [6.45, 7) is 5.25. The molecule has 3 aromatic carbocycles. The Morgan fingerprint density at radius 1 is 0.897 bits per heavy atom. The number of aromatic nitrogens is 1. The Morgan fingerprint density at radius 2 is 1.64 bits per heavy atom. The minimum absolute atomic E-state index is 0.110. The highest BCUT2D eigenvalue weighted by Crippen LogP contribution is 2.24. The van der Waals surface area contributed by atoms with Crippen molar-refractivity contribution in [3.8, 4) is 5.75 Å². The third-order valence-corrected chi connectivity index (χ3v) is 5.83. The lowest BCUT2D eigenvalue weighted by Gasteiger charge is -2.22. The average molecular weight is 526 g/mol. The monoisotopic (exact) mass is 525 g/mol. The second-order valence-corrected chi connectivity index (χ2v) is 10.1. The Hall–Kier alpha value is -4.72. The number of amides is 2. The van der Waals surface area contributed by atoms with Crippen molar-refractivity contribution in [2.75, 3.05) is 18.5 Å². The van der Waals surface area contributed by atoms with E-state index in [0.717, 1.165) is 10.8 Å². The first-order valence-corrected chi connectivity index (χ1v) is 12.6. The number of hydrogen-bond donors (Lipinski definition) is 2. The number of ether oxygens (including phenoxy) is 2. The summed E-state index contributed by atoms with van der Waals surface area (Å²) in [7, 11) is 0. The van der Waals surface area contributed by atoms with Gasteiger partial charge >= 0.3 is 6.09 Å². The zero-order valence-electron chi connectivity index (χ0n) is 22.1. The van der Waals surface area contributed by atoms with Gasteiger partial charge in [0, 0.05) is 34.6 Å². The Balaban J connectivity index is 1.47. The zero-order valence-corrected chi connectivity index (χ0v) is 22.1. The minimum Gasteiger partial charge on any atom is -0.485 e. The maximum absolute atomic E-state index is 13.4. The summed E-state index contributed by atoms with van der Waals surface area (Å²) in [6.07, 6.45) is 2.83. The fraction of sp³-hybridized carbons (Fsp3) is 0.226. The number of nitrogens with one attached hydrogen (secondary N) is 2. The van der Waals surface area contributed by atoms with E-state index in [9.17, 15) is 14.4 Å². The molecule has 0 spiro atoms. The third-order valence-electron chi connectivity index (χ3n) is 5.83. The molecule has 0 bridgehead atoms. The number of pyridine rings is 1. The lowest BCUT2D eigenvalue weighted by atomic mass is 9.98. The Morgan fingerprint density at radius 3 is 2.36 bits per heavy atom. The van der Waals surface area contributed by atoms with E-state index in [-0.39, 0.29) is 24.9 Å². The number of fused-ring (bicyclic) bond motifs is 1. The van der Waals surface area contributed by atoms with Crippen molar-refractivity contribution in [3.63, 3.8) is 0 Å². The van der Waals surface area contributed by atoms with Crippen LogP contribution in [0, 0.1) is 0 Å². The number of hydrogen-bond acceptors (Lipinski definition) is 6. The summed E-state index contributed by atoms with van der Waals surface area (Å²) in [5, 5.41) is 7.56. The van der Waals surface area contributed by atoms with E-state index in [1.807, 2.05) is 45.0 Å². The maximum atomic E-state index is 13.4. The van der Waals surface area contributed by atoms with Crippen molar-refractivity contribution >= 4 is 34.2 Å². The lowest BCUT2D eigenvalue weighted by Crippen LogP contribution is -2.41. The molecule has 0 radical (unpaired) electrons. The molecule has 0 saturated heterocycles. The minimum atomic E-state index is -0.788. The van der Waals surface area contributed by atoms with Crippen LogP contribution in [0.1, 0.15) is 42.6 Å². The highest BCUT2D eigenvalue weighted by Gasteiger charge is 2.24. The molecule has 0 aliphatic rings. The molecule has 0 saturated carbocycles. The van der Waals surface area contributed by atoms with Crippen LogP contribution in [-0.2, 0) is 9.53 Å². The van der Waals surface area contributed by atoms with Crippen molar-refractivity contribution in [2.24, 2.45) is 0 Å². The predicted octanol–water partition coefficient (Wildman–Crippen LogP) is 5.74. The van der Waals surface area contributed by atoms with Crippen molar-refractivity contribution in [1.82, 2.24) is 10.3 Å². The molecule has 8 nitrogen and oxygen atoms in total. The van der Waals surface area contributed by atoms with Crippen LogP contribution in [0.25, 0.3) is 10.8 Å². The molecule has 2 N–H and O–H groups in total. The normalized spacial score (nSPS) is 11.9. The van der Waals surface area contributed by atoms with Gasteiger partial charge < -0.3 is 20.1 Å². The van der Waals surface area contributed by atoms with E-state index in [1.165, 1.54) is 0 Å². The van der Waals surface area contributed by atoms with E-state index >= 15 is 0 Å². The fourth-order valence-corrected chi connectivity index (χ4v) is 3.87. The van der Waals surface area contributed by atoms with Gasteiger partial charge in [-0.25, -0.2) is 4.79 Å². The number of ketones is 1. The molecule has 0 fully saturated rings. The number of rotatable bonds is 9. The first-order chi connectivity index (χ1) is 18.7. The lowest BCUT2D eigenvalue weighted by molar-refractivity contribution is -0.118. The molecule has 200 valence electrons. The highest BCUT2D eigenvalue weighted by atomic mass is 16.5. The molecule has 1 heterocycles. The van der Waals surface area contributed by atoms with Crippen LogP contribution >= 0.6 is 0 Å². The predicted molar refractivity (Wildman–Crippen MR) is 150 cm³/mol. The second kappa shape index (κ2) is 12.2. The average Bonchev–Trinajstić information content (AvgIpc) is 2.92. The molecular weight excluding hydrogens is 494 g/mol. The summed E-state index contributed by atoms with van der Waals surface area (Å²) < 4.78 is 11.1. The van der Waals surface area contributed by atoms with Crippen molar-refractivity contribution in [1.29, 1.82) is 0 Å². The van der Waals surface area contributed by atoms with Crippen LogP contribution in [0.15, 0.2) is 91.3 Å². The molecule has 4 rings (SSSR count). The van der Waals surface area contributed by atoms with Gasteiger partial charge in [-0.2, -0.15) is 0 Å². The number of alkyl carbamates (subject to hydrolysis) is 1. The molecule has 39 heavy (non-hydrogen) atoms. The van der Waals surface area contributed by atoms with E-state index in [0.29, 0.717) is 22.6 Å². The first-order valence-electron chi connectivity index (χ1n) is 12.6. The number of carbonyl (C=O) groups is 3. The van der Waals surface area contributed by atoms with Gasteiger partial charge in [0.25, 0.3) is 0 Å². The molecule has 2 amide bonds. The van der Waals surface area contributed by atoms with Crippen LogP contribution < -0.4 is 15.4 Å². The van der Waals surface area contributed by atoms with Crippen LogP contribution in [0.4, 0.5) is 10.5 Å². The maximum Gasteiger partial charge on any atom is 0.407 e. The Labute approximate surface area is 227 Å². The van der Waals surface area contributed by atoms with Crippen LogP contribution in [0.5, 0.6) is 5.75 Å². The summed E-state index contributed by atoms with van der Waals surface area (Å²) in [5.74, 6) is -0.776. The summed E-state index contributed by atoms with van der Waals surface area (Å²) >= 11 is 0. The largest absolute Gasteiger partial charge is 0.485 e. The molecule has 0 aliphatic heterocycles. The van der Waals surface area contributed by atoms with Gasteiger partial charge in [-0.3, -0.25) is 14.6 Å².